The number of benzene rings is 1. The fourth-order valence-corrected chi connectivity index (χ4v) is 3.38. The first kappa shape index (κ1) is 21.8. The summed E-state index contributed by atoms with van der Waals surface area (Å²) >= 11 is 0. The highest BCUT2D eigenvalue weighted by atomic mass is 16.6. The molecule has 0 aromatic heterocycles. The highest BCUT2D eigenvalue weighted by Crippen LogP contribution is 2.29. The summed E-state index contributed by atoms with van der Waals surface area (Å²) < 4.78 is 5.21. The van der Waals surface area contributed by atoms with Crippen LogP contribution in [0, 0.1) is 18.8 Å². The van der Waals surface area contributed by atoms with E-state index in [-0.39, 0.29) is 5.91 Å². The van der Waals surface area contributed by atoms with Crippen LogP contribution >= 0.6 is 0 Å². The van der Waals surface area contributed by atoms with Crippen molar-refractivity contribution in [1.29, 1.82) is 0 Å². The van der Waals surface area contributed by atoms with E-state index in [9.17, 15) is 4.79 Å². The zero-order valence-corrected chi connectivity index (χ0v) is 16.1. The number of hydrogen-bond donors (Lipinski definition) is 3. The van der Waals surface area contributed by atoms with E-state index in [4.69, 9.17) is 19.7 Å². The van der Waals surface area contributed by atoms with Crippen LogP contribution in [0.2, 0.25) is 0 Å². The van der Waals surface area contributed by atoms with Crippen molar-refractivity contribution in [3.8, 4) is 5.75 Å². The van der Waals surface area contributed by atoms with Gasteiger partial charge in [0.05, 0.1) is 13.5 Å². The van der Waals surface area contributed by atoms with E-state index in [1.807, 2.05) is 25.1 Å². The number of amides is 1. The summed E-state index contributed by atoms with van der Waals surface area (Å²) in [6, 6.07) is 6.25. The smallest absolute Gasteiger partial charge is 0.497 e. The maximum atomic E-state index is 12.3. The van der Waals surface area contributed by atoms with Crippen LogP contribution in [0.25, 0.3) is 0 Å². The Morgan fingerprint density at radius 3 is 2.23 bits per heavy atom. The number of carboxylic acid groups (broad SMARTS) is 2. The highest BCUT2D eigenvalue weighted by Gasteiger charge is 2.24. The Bertz CT molecular complexity index is 588. The van der Waals surface area contributed by atoms with Gasteiger partial charge in [-0.05, 0) is 67.7 Å². The normalized spacial score (nSPS) is 19.3. The lowest BCUT2D eigenvalue weighted by Gasteiger charge is -2.31. The summed E-state index contributed by atoms with van der Waals surface area (Å²) in [5.74, 6) is 2.57. The molecule has 1 aromatic rings. The first-order chi connectivity index (χ1) is 12.2. The van der Waals surface area contributed by atoms with E-state index >= 15 is 0 Å². The van der Waals surface area contributed by atoms with Crippen molar-refractivity contribution in [1.82, 2.24) is 5.32 Å². The molecule has 1 aliphatic carbocycles. The third-order valence-corrected chi connectivity index (χ3v) is 4.98. The van der Waals surface area contributed by atoms with Crippen molar-refractivity contribution in [2.45, 2.75) is 58.9 Å². The van der Waals surface area contributed by atoms with Crippen LogP contribution in [0.3, 0.4) is 0 Å². The lowest BCUT2D eigenvalue weighted by molar-refractivity contribution is -0.121. The third kappa shape index (κ3) is 7.76. The van der Waals surface area contributed by atoms with Crippen LogP contribution in [-0.4, -0.2) is 35.4 Å². The van der Waals surface area contributed by atoms with Crippen molar-refractivity contribution in [3.63, 3.8) is 0 Å². The molecule has 2 rings (SSSR count). The summed E-state index contributed by atoms with van der Waals surface area (Å²) in [6.07, 6.45) is 3.35. The van der Waals surface area contributed by atoms with Crippen molar-refractivity contribution < 1.29 is 24.5 Å². The lowest BCUT2D eigenvalue weighted by atomic mass is 9.79. The van der Waals surface area contributed by atoms with Crippen LogP contribution in [0.4, 0.5) is 4.79 Å². The third-order valence-electron chi connectivity index (χ3n) is 4.98. The predicted molar refractivity (Wildman–Crippen MR) is 101 cm³/mol. The second-order valence-electron chi connectivity index (χ2n) is 7.18. The molecular formula is C20H31NO5. The molecule has 0 aliphatic heterocycles. The molecule has 0 unspecified atom stereocenters. The van der Waals surface area contributed by atoms with Gasteiger partial charge >= 0.3 is 6.16 Å². The fraction of sp³-hybridized carbons (Fsp3) is 0.600. The summed E-state index contributed by atoms with van der Waals surface area (Å²) in [5.41, 5.74) is 2.19. The minimum absolute atomic E-state index is 0.140. The van der Waals surface area contributed by atoms with Crippen LogP contribution in [0.5, 0.6) is 5.75 Å². The summed E-state index contributed by atoms with van der Waals surface area (Å²) in [4.78, 5) is 20.8. The van der Waals surface area contributed by atoms with E-state index in [0.29, 0.717) is 12.5 Å². The molecule has 1 aromatic carbocycles. The van der Waals surface area contributed by atoms with E-state index in [1.165, 1.54) is 12.8 Å². The summed E-state index contributed by atoms with van der Waals surface area (Å²) in [6.45, 7) is 6.63. The second kappa shape index (κ2) is 10.7. The van der Waals surface area contributed by atoms with Crippen molar-refractivity contribution in [3.05, 3.63) is 29.3 Å². The molecule has 1 saturated carbocycles. The van der Waals surface area contributed by atoms with Crippen LogP contribution in [0.15, 0.2) is 18.2 Å². The number of nitrogens with one attached hydrogen (secondary N) is 1. The van der Waals surface area contributed by atoms with Crippen LogP contribution < -0.4 is 10.1 Å². The number of methoxy groups -OCH3 is 1. The average Bonchev–Trinajstić information content (AvgIpc) is 2.56. The lowest BCUT2D eigenvalue weighted by Crippen LogP contribution is -2.39. The molecule has 0 heterocycles. The Morgan fingerprint density at radius 2 is 1.77 bits per heavy atom. The maximum absolute atomic E-state index is 12.3. The molecule has 0 saturated heterocycles. The van der Waals surface area contributed by atoms with Gasteiger partial charge in [-0.3, -0.25) is 4.79 Å². The molecule has 0 atom stereocenters. The Morgan fingerprint density at radius 1 is 1.19 bits per heavy atom. The Labute approximate surface area is 155 Å². The molecule has 0 radical (unpaired) electrons. The molecule has 0 bridgehead atoms. The Balaban J connectivity index is 0.000000765. The molecule has 146 valence electrons. The second-order valence-corrected chi connectivity index (χ2v) is 7.18. The summed E-state index contributed by atoms with van der Waals surface area (Å²) in [5, 5.41) is 17.2. The topological polar surface area (TPSA) is 95.9 Å². The molecule has 26 heavy (non-hydrogen) atoms. The van der Waals surface area contributed by atoms with Crippen LogP contribution in [0.1, 0.15) is 50.7 Å². The van der Waals surface area contributed by atoms with Gasteiger partial charge in [-0.2, -0.15) is 0 Å². The number of rotatable bonds is 5. The molecule has 1 fully saturated rings. The average molecular weight is 365 g/mol. The fourth-order valence-electron chi connectivity index (χ4n) is 3.38. The van der Waals surface area contributed by atoms with Gasteiger partial charge in [0.2, 0.25) is 5.91 Å². The minimum atomic E-state index is -1.83. The van der Waals surface area contributed by atoms with E-state index in [2.05, 4.69) is 19.2 Å². The SMILES string of the molecule is COc1ccc(CC(=O)NC2CCC(C(C)C)CC2)c(C)c1.O=C(O)O. The van der Waals surface area contributed by atoms with E-state index in [0.717, 1.165) is 41.6 Å². The van der Waals surface area contributed by atoms with Gasteiger partial charge in [0.25, 0.3) is 0 Å². The zero-order valence-electron chi connectivity index (χ0n) is 16.1. The van der Waals surface area contributed by atoms with Gasteiger partial charge in [0.15, 0.2) is 0 Å². The van der Waals surface area contributed by atoms with Crippen molar-refractivity contribution in [2.75, 3.05) is 7.11 Å². The number of carbonyl (C=O) groups is 2. The van der Waals surface area contributed by atoms with E-state index < -0.39 is 6.16 Å². The number of hydrogen-bond acceptors (Lipinski definition) is 3. The molecule has 1 aliphatic rings. The Kier molecular flexibility index (Phi) is 8.96. The van der Waals surface area contributed by atoms with Crippen molar-refractivity contribution >= 4 is 12.1 Å². The monoisotopic (exact) mass is 365 g/mol. The molecule has 6 heteroatoms. The number of aryl methyl sites for hydroxylation is 1. The van der Waals surface area contributed by atoms with Gasteiger partial charge in [0.1, 0.15) is 5.75 Å². The number of ether oxygens (including phenoxy) is 1. The van der Waals surface area contributed by atoms with Gasteiger partial charge in [0, 0.05) is 6.04 Å². The zero-order chi connectivity index (χ0) is 19.7. The number of carbonyl (C=O) groups excluding carboxylic acids is 1. The quantitative estimate of drug-likeness (QED) is 0.730. The van der Waals surface area contributed by atoms with E-state index in [1.54, 1.807) is 7.11 Å². The molecule has 3 N–H and O–H groups in total. The van der Waals surface area contributed by atoms with Crippen LogP contribution in [-0.2, 0) is 11.2 Å². The van der Waals surface area contributed by atoms with Gasteiger partial charge < -0.3 is 20.3 Å². The first-order valence-corrected chi connectivity index (χ1v) is 9.07. The van der Waals surface area contributed by atoms with Gasteiger partial charge in [-0.15, -0.1) is 0 Å². The standard InChI is InChI=1S/C19H29NO2.CH2O3/c1-13(2)15-5-8-17(9-6-15)20-19(21)12-16-7-10-18(22-4)11-14(16)3;2-1(3)4/h7,10-11,13,15,17H,5-6,8-9,12H2,1-4H3,(H,20,21);(H2,2,3,4). The molecule has 6 nitrogen and oxygen atoms in total. The predicted octanol–water partition coefficient (Wildman–Crippen LogP) is 4.10. The maximum Gasteiger partial charge on any atom is 0.503 e. The van der Waals surface area contributed by atoms with Crippen molar-refractivity contribution in [2.24, 2.45) is 11.8 Å². The first-order valence-electron chi connectivity index (χ1n) is 9.07. The summed E-state index contributed by atoms with van der Waals surface area (Å²) in [7, 11) is 1.66. The molecule has 1 amide bonds. The molecular weight excluding hydrogens is 334 g/mol. The van der Waals surface area contributed by atoms with Gasteiger partial charge in [-0.25, -0.2) is 4.79 Å². The van der Waals surface area contributed by atoms with Gasteiger partial charge in [-0.1, -0.05) is 19.9 Å². The largest absolute Gasteiger partial charge is 0.503 e. The molecule has 0 spiro atoms. The minimum Gasteiger partial charge on any atom is -0.497 e. The highest BCUT2D eigenvalue weighted by molar-refractivity contribution is 5.79. The Hall–Kier alpha value is -2.24.